The number of hydrogen-bond acceptors (Lipinski definition) is 4. The summed E-state index contributed by atoms with van der Waals surface area (Å²) in [5.41, 5.74) is 2.09. The molecule has 6 heteroatoms. The van der Waals surface area contributed by atoms with Crippen molar-refractivity contribution in [3.8, 4) is 0 Å². The van der Waals surface area contributed by atoms with E-state index in [2.05, 4.69) is 10.3 Å². The van der Waals surface area contributed by atoms with Gasteiger partial charge in [0.2, 0.25) is 5.91 Å². The monoisotopic (exact) mass is 363 g/mol. The fraction of sp³-hybridized carbons (Fsp3) is 0.333. The zero-order chi connectivity index (χ0) is 19.2. The summed E-state index contributed by atoms with van der Waals surface area (Å²) in [6.45, 7) is 3.74. The zero-order valence-corrected chi connectivity index (χ0v) is 15.4. The molecule has 27 heavy (non-hydrogen) atoms. The lowest BCUT2D eigenvalue weighted by atomic mass is 9.86. The van der Waals surface area contributed by atoms with E-state index in [1.807, 2.05) is 24.8 Å². The highest BCUT2D eigenvalue weighted by Crippen LogP contribution is 2.46. The summed E-state index contributed by atoms with van der Waals surface area (Å²) in [6, 6.07) is 8.92. The first kappa shape index (κ1) is 17.4. The predicted molar refractivity (Wildman–Crippen MR) is 101 cm³/mol. The number of amides is 2. The van der Waals surface area contributed by atoms with Crippen LogP contribution in [0.2, 0.25) is 0 Å². The molecule has 1 aromatic carbocycles. The molecule has 0 bridgehead atoms. The van der Waals surface area contributed by atoms with Crippen molar-refractivity contribution < 1.29 is 14.4 Å². The number of carbonyl (C=O) groups excluding carboxylic acids is 3. The number of rotatable bonds is 5. The van der Waals surface area contributed by atoms with Crippen LogP contribution in [-0.2, 0) is 10.2 Å². The van der Waals surface area contributed by atoms with E-state index in [-0.39, 0.29) is 30.2 Å². The fourth-order valence-electron chi connectivity index (χ4n) is 3.51. The number of ketones is 1. The first-order valence-corrected chi connectivity index (χ1v) is 9.09. The third-order valence-corrected chi connectivity index (χ3v) is 5.25. The van der Waals surface area contributed by atoms with Crippen molar-refractivity contribution in [2.24, 2.45) is 0 Å². The number of anilines is 1. The van der Waals surface area contributed by atoms with E-state index in [9.17, 15) is 14.4 Å². The summed E-state index contributed by atoms with van der Waals surface area (Å²) in [6.07, 6.45) is 5.06. The van der Waals surface area contributed by atoms with Gasteiger partial charge in [0.15, 0.2) is 5.78 Å². The number of fused-ring (bicyclic) bond motifs is 1. The minimum Gasteiger partial charge on any atom is -0.345 e. The fourth-order valence-corrected chi connectivity index (χ4v) is 3.51. The Kier molecular flexibility index (Phi) is 4.06. The zero-order valence-electron chi connectivity index (χ0n) is 15.4. The molecule has 0 unspecified atom stereocenters. The van der Waals surface area contributed by atoms with Crippen molar-refractivity contribution in [3.63, 3.8) is 0 Å². The molecule has 2 amide bonds. The van der Waals surface area contributed by atoms with Crippen LogP contribution in [0.25, 0.3) is 0 Å². The topological polar surface area (TPSA) is 79.4 Å². The highest BCUT2D eigenvalue weighted by atomic mass is 16.2. The normalized spacial score (nSPS) is 17.6. The Hall–Kier alpha value is -3.02. The lowest BCUT2D eigenvalue weighted by molar-refractivity contribution is -0.122. The maximum absolute atomic E-state index is 12.8. The number of benzene rings is 1. The minimum absolute atomic E-state index is 0.0873. The van der Waals surface area contributed by atoms with Crippen molar-refractivity contribution >= 4 is 23.3 Å². The van der Waals surface area contributed by atoms with E-state index in [1.54, 1.807) is 30.5 Å². The number of hydrogen-bond donors (Lipinski definition) is 1. The van der Waals surface area contributed by atoms with E-state index in [1.165, 1.54) is 6.20 Å². The van der Waals surface area contributed by atoms with Crippen LogP contribution in [0.5, 0.6) is 0 Å². The molecule has 1 N–H and O–H groups in total. The Morgan fingerprint density at radius 2 is 2.00 bits per heavy atom. The number of aromatic nitrogens is 1. The van der Waals surface area contributed by atoms with Crippen LogP contribution in [0.15, 0.2) is 42.7 Å². The predicted octanol–water partition coefficient (Wildman–Crippen LogP) is 2.48. The molecular weight excluding hydrogens is 342 g/mol. The summed E-state index contributed by atoms with van der Waals surface area (Å²) in [5, 5.41) is 2.66. The molecule has 2 aromatic rings. The van der Waals surface area contributed by atoms with Gasteiger partial charge in [0.1, 0.15) is 0 Å². The van der Waals surface area contributed by atoms with Gasteiger partial charge < -0.3 is 10.2 Å². The van der Waals surface area contributed by atoms with Gasteiger partial charge in [-0.25, -0.2) is 0 Å². The van der Waals surface area contributed by atoms with Crippen molar-refractivity contribution in [2.45, 2.75) is 38.1 Å². The number of nitrogens with one attached hydrogen (secondary N) is 1. The van der Waals surface area contributed by atoms with Gasteiger partial charge in [-0.2, -0.15) is 0 Å². The maximum atomic E-state index is 12.8. The highest BCUT2D eigenvalue weighted by molar-refractivity contribution is 6.10. The van der Waals surface area contributed by atoms with Gasteiger partial charge in [-0.15, -0.1) is 0 Å². The summed E-state index contributed by atoms with van der Waals surface area (Å²) < 4.78 is 0. The standard InChI is InChI=1S/C21H21N3O3/c1-21(2)16-8-5-13(10-17(16)24(20(21)27)15-6-7-15)19(26)23-12-18(25)14-4-3-9-22-11-14/h3-5,8-11,15H,6-7,12H2,1-2H3,(H,23,26). The molecule has 6 nitrogen and oxygen atoms in total. The molecule has 4 rings (SSSR count). The van der Waals surface area contributed by atoms with Gasteiger partial charge in [0.25, 0.3) is 5.91 Å². The molecule has 1 saturated carbocycles. The number of nitrogens with zero attached hydrogens (tertiary/aromatic N) is 2. The van der Waals surface area contributed by atoms with E-state index >= 15 is 0 Å². The Bertz CT molecular complexity index is 933. The Balaban J connectivity index is 1.53. The number of Topliss-reactive ketones (excluding diaryl/α,β-unsaturated/α-hetero) is 1. The van der Waals surface area contributed by atoms with Crippen LogP contribution in [0, 0.1) is 0 Å². The van der Waals surface area contributed by atoms with Gasteiger partial charge in [-0.1, -0.05) is 6.07 Å². The van der Waals surface area contributed by atoms with Crippen molar-refractivity contribution in [3.05, 3.63) is 59.4 Å². The van der Waals surface area contributed by atoms with Gasteiger partial charge in [0, 0.05) is 35.2 Å². The summed E-state index contributed by atoms with van der Waals surface area (Å²) in [4.78, 5) is 43.2. The van der Waals surface area contributed by atoms with Gasteiger partial charge >= 0.3 is 0 Å². The molecule has 2 heterocycles. The van der Waals surface area contributed by atoms with Crippen LogP contribution < -0.4 is 10.2 Å². The van der Waals surface area contributed by atoms with Gasteiger partial charge in [-0.3, -0.25) is 19.4 Å². The maximum Gasteiger partial charge on any atom is 0.251 e. The molecule has 0 atom stereocenters. The van der Waals surface area contributed by atoms with Crippen LogP contribution in [-0.4, -0.2) is 35.2 Å². The van der Waals surface area contributed by atoms with Crippen molar-refractivity contribution in [1.82, 2.24) is 10.3 Å². The van der Waals surface area contributed by atoms with Crippen LogP contribution in [0.3, 0.4) is 0 Å². The third-order valence-electron chi connectivity index (χ3n) is 5.25. The average Bonchev–Trinajstić information content (AvgIpc) is 3.48. The molecular formula is C21H21N3O3. The third kappa shape index (κ3) is 3.01. The quantitative estimate of drug-likeness (QED) is 0.828. The molecule has 0 spiro atoms. The smallest absolute Gasteiger partial charge is 0.251 e. The molecule has 1 aliphatic carbocycles. The van der Waals surface area contributed by atoms with Gasteiger partial charge in [0.05, 0.1) is 12.0 Å². The molecule has 1 aliphatic heterocycles. The molecule has 138 valence electrons. The van der Waals surface area contributed by atoms with Crippen LogP contribution in [0.1, 0.15) is 53.0 Å². The van der Waals surface area contributed by atoms with E-state index in [4.69, 9.17) is 0 Å². The Morgan fingerprint density at radius 3 is 2.67 bits per heavy atom. The Labute approximate surface area is 157 Å². The van der Waals surface area contributed by atoms with E-state index < -0.39 is 5.41 Å². The van der Waals surface area contributed by atoms with Crippen LogP contribution in [0.4, 0.5) is 5.69 Å². The van der Waals surface area contributed by atoms with E-state index in [0.29, 0.717) is 11.1 Å². The second-order valence-corrected chi connectivity index (χ2v) is 7.61. The van der Waals surface area contributed by atoms with Crippen LogP contribution >= 0.6 is 0 Å². The summed E-state index contributed by atoms with van der Waals surface area (Å²) in [5.74, 6) is -0.444. The second kappa shape index (κ2) is 6.30. The second-order valence-electron chi connectivity index (χ2n) is 7.61. The number of pyridine rings is 1. The molecule has 2 aliphatic rings. The van der Waals surface area contributed by atoms with E-state index in [0.717, 1.165) is 24.1 Å². The summed E-state index contributed by atoms with van der Waals surface area (Å²) in [7, 11) is 0. The molecule has 0 saturated heterocycles. The van der Waals surface area contributed by atoms with Crippen molar-refractivity contribution in [1.29, 1.82) is 0 Å². The first-order chi connectivity index (χ1) is 12.9. The average molecular weight is 363 g/mol. The minimum atomic E-state index is -0.580. The summed E-state index contributed by atoms with van der Waals surface area (Å²) >= 11 is 0. The largest absolute Gasteiger partial charge is 0.345 e. The lowest BCUT2D eigenvalue weighted by Crippen LogP contribution is -2.37. The molecule has 1 aromatic heterocycles. The number of carbonyl (C=O) groups is 3. The molecule has 0 radical (unpaired) electrons. The molecule has 1 fully saturated rings. The van der Waals surface area contributed by atoms with Crippen molar-refractivity contribution in [2.75, 3.05) is 11.4 Å². The highest BCUT2D eigenvalue weighted by Gasteiger charge is 2.49. The Morgan fingerprint density at radius 1 is 1.22 bits per heavy atom. The lowest BCUT2D eigenvalue weighted by Gasteiger charge is -2.19. The SMILES string of the molecule is CC1(C)C(=O)N(C2CC2)c2cc(C(=O)NCC(=O)c3cccnc3)ccc21. The van der Waals surface area contributed by atoms with Gasteiger partial charge in [-0.05, 0) is 56.5 Å². The first-order valence-electron chi connectivity index (χ1n) is 9.09.